The quantitative estimate of drug-likeness (QED) is 0.902. The van der Waals surface area contributed by atoms with E-state index in [0.717, 1.165) is 19.6 Å². The van der Waals surface area contributed by atoms with Crippen LogP contribution in [0.5, 0.6) is 0 Å². The fraction of sp³-hybridized carbons (Fsp3) is 0.667. The lowest BCUT2D eigenvalue weighted by Crippen LogP contribution is -2.50. The number of hydrogen-bond acceptors (Lipinski definition) is 3. The summed E-state index contributed by atoms with van der Waals surface area (Å²) in [5.74, 6) is 0. The van der Waals surface area contributed by atoms with Crippen LogP contribution in [0.15, 0.2) is 30.3 Å². The second-order valence-electron chi connectivity index (χ2n) is 7.07. The molecule has 0 spiro atoms. The first-order valence-corrected chi connectivity index (χ1v) is 8.02. The van der Waals surface area contributed by atoms with Gasteiger partial charge >= 0.3 is 0 Å². The highest BCUT2D eigenvalue weighted by molar-refractivity contribution is 5.21. The van der Waals surface area contributed by atoms with Gasteiger partial charge in [0.15, 0.2) is 0 Å². The van der Waals surface area contributed by atoms with E-state index in [9.17, 15) is 0 Å². The number of morpholine rings is 1. The van der Waals surface area contributed by atoms with Crippen molar-refractivity contribution in [2.75, 3.05) is 26.7 Å². The lowest BCUT2D eigenvalue weighted by atomic mass is 9.79. The molecular weight excluding hydrogens is 260 g/mol. The van der Waals surface area contributed by atoms with E-state index in [-0.39, 0.29) is 5.41 Å². The van der Waals surface area contributed by atoms with Crippen LogP contribution in [-0.4, -0.2) is 43.8 Å². The van der Waals surface area contributed by atoms with Gasteiger partial charge in [-0.15, -0.1) is 0 Å². The van der Waals surface area contributed by atoms with Crippen molar-refractivity contribution in [2.45, 2.75) is 45.9 Å². The maximum atomic E-state index is 5.85. The largest absolute Gasteiger partial charge is 0.373 e. The first kappa shape index (κ1) is 16.5. The van der Waals surface area contributed by atoms with Crippen molar-refractivity contribution in [3.63, 3.8) is 0 Å². The highest BCUT2D eigenvalue weighted by Crippen LogP contribution is 2.34. The van der Waals surface area contributed by atoms with Crippen molar-refractivity contribution in [1.82, 2.24) is 10.2 Å². The Morgan fingerprint density at radius 3 is 2.29 bits per heavy atom. The third kappa shape index (κ3) is 4.29. The van der Waals surface area contributed by atoms with E-state index < -0.39 is 0 Å². The SMILES string of the molecule is CNC(c1ccccc1)C(C)(C)CN1C[C@@H](C)O[C@@H](C)C1. The van der Waals surface area contributed by atoms with Crippen LogP contribution in [0.3, 0.4) is 0 Å². The Kier molecular flexibility index (Phi) is 5.42. The monoisotopic (exact) mass is 290 g/mol. The van der Waals surface area contributed by atoms with Gasteiger partial charge in [-0.25, -0.2) is 0 Å². The van der Waals surface area contributed by atoms with E-state index in [1.807, 2.05) is 0 Å². The zero-order chi connectivity index (χ0) is 15.5. The first-order valence-electron chi connectivity index (χ1n) is 8.02. The lowest BCUT2D eigenvalue weighted by Gasteiger charge is -2.43. The van der Waals surface area contributed by atoms with E-state index in [0.29, 0.717) is 18.2 Å². The topological polar surface area (TPSA) is 24.5 Å². The van der Waals surface area contributed by atoms with Crippen LogP contribution in [0.2, 0.25) is 0 Å². The van der Waals surface area contributed by atoms with Crippen LogP contribution in [0.4, 0.5) is 0 Å². The Morgan fingerprint density at radius 1 is 1.19 bits per heavy atom. The van der Waals surface area contributed by atoms with Gasteiger partial charge < -0.3 is 10.1 Å². The summed E-state index contributed by atoms with van der Waals surface area (Å²) in [5, 5.41) is 3.51. The summed E-state index contributed by atoms with van der Waals surface area (Å²) in [7, 11) is 2.06. The standard InChI is InChI=1S/C18H30N2O/c1-14-11-20(12-15(2)21-14)13-18(3,4)17(19-5)16-9-7-6-8-10-16/h6-10,14-15,17,19H,11-13H2,1-5H3/t14-,15+,17?. The molecule has 0 amide bonds. The van der Waals surface area contributed by atoms with Gasteiger partial charge in [0.05, 0.1) is 12.2 Å². The molecule has 1 N–H and O–H groups in total. The van der Waals surface area contributed by atoms with Gasteiger partial charge in [0, 0.05) is 25.7 Å². The predicted molar refractivity (Wildman–Crippen MR) is 88.5 cm³/mol. The third-order valence-corrected chi connectivity index (χ3v) is 4.33. The van der Waals surface area contributed by atoms with Crippen LogP contribution in [0.25, 0.3) is 0 Å². The van der Waals surface area contributed by atoms with E-state index in [1.165, 1.54) is 5.56 Å². The smallest absolute Gasteiger partial charge is 0.0678 e. The first-order chi connectivity index (χ1) is 9.92. The minimum atomic E-state index is 0.160. The summed E-state index contributed by atoms with van der Waals surface area (Å²) in [6.45, 7) is 12.2. The molecule has 1 fully saturated rings. The molecule has 0 bridgehead atoms. The van der Waals surface area contributed by atoms with Crippen LogP contribution in [-0.2, 0) is 4.74 Å². The molecule has 118 valence electrons. The molecule has 3 nitrogen and oxygen atoms in total. The zero-order valence-electron chi connectivity index (χ0n) is 14.1. The Hall–Kier alpha value is -0.900. The van der Waals surface area contributed by atoms with Gasteiger partial charge in [0.1, 0.15) is 0 Å². The van der Waals surface area contributed by atoms with E-state index in [4.69, 9.17) is 4.74 Å². The molecule has 2 rings (SSSR count). The number of ether oxygens (including phenoxy) is 1. The molecule has 1 saturated heterocycles. The number of hydrogen-bond donors (Lipinski definition) is 1. The van der Waals surface area contributed by atoms with E-state index in [2.05, 4.69) is 75.3 Å². The molecular formula is C18H30N2O. The van der Waals surface area contributed by atoms with Crippen LogP contribution >= 0.6 is 0 Å². The van der Waals surface area contributed by atoms with Crippen molar-refractivity contribution in [2.24, 2.45) is 5.41 Å². The Balaban J connectivity index is 2.09. The minimum absolute atomic E-state index is 0.160. The van der Waals surface area contributed by atoms with E-state index in [1.54, 1.807) is 0 Å². The molecule has 1 heterocycles. The molecule has 3 heteroatoms. The summed E-state index contributed by atoms with van der Waals surface area (Å²) in [6, 6.07) is 11.1. The van der Waals surface area contributed by atoms with Crippen molar-refractivity contribution < 1.29 is 4.74 Å². The van der Waals surface area contributed by atoms with Crippen LogP contribution in [0, 0.1) is 5.41 Å². The highest BCUT2D eigenvalue weighted by Gasteiger charge is 2.34. The van der Waals surface area contributed by atoms with Gasteiger partial charge in [0.2, 0.25) is 0 Å². The lowest BCUT2D eigenvalue weighted by molar-refractivity contribution is -0.0777. The van der Waals surface area contributed by atoms with Crippen LogP contribution in [0.1, 0.15) is 39.3 Å². The summed E-state index contributed by atoms with van der Waals surface area (Å²) in [6.07, 6.45) is 0.656. The molecule has 21 heavy (non-hydrogen) atoms. The van der Waals surface area contributed by atoms with Crippen LogP contribution < -0.4 is 5.32 Å². The Labute approximate surface area is 129 Å². The average Bonchev–Trinajstić information content (AvgIpc) is 2.38. The molecule has 1 aliphatic rings. The number of nitrogens with one attached hydrogen (secondary N) is 1. The average molecular weight is 290 g/mol. The van der Waals surface area contributed by atoms with E-state index >= 15 is 0 Å². The highest BCUT2D eigenvalue weighted by atomic mass is 16.5. The molecule has 1 aliphatic heterocycles. The minimum Gasteiger partial charge on any atom is -0.373 e. The van der Waals surface area contributed by atoms with Gasteiger partial charge in [-0.1, -0.05) is 44.2 Å². The van der Waals surface area contributed by atoms with Crippen molar-refractivity contribution >= 4 is 0 Å². The molecule has 0 aromatic heterocycles. The van der Waals surface area contributed by atoms with Crippen molar-refractivity contribution in [1.29, 1.82) is 0 Å². The number of rotatable bonds is 5. The summed E-state index contributed by atoms with van der Waals surface area (Å²) >= 11 is 0. The van der Waals surface area contributed by atoms with Crippen molar-refractivity contribution in [3.05, 3.63) is 35.9 Å². The van der Waals surface area contributed by atoms with Crippen molar-refractivity contribution in [3.8, 4) is 0 Å². The van der Waals surface area contributed by atoms with Gasteiger partial charge in [0.25, 0.3) is 0 Å². The molecule has 1 unspecified atom stereocenters. The maximum absolute atomic E-state index is 5.85. The molecule has 1 aromatic carbocycles. The fourth-order valence-corrected chi connectivity index (χ4v) is 3.74. The number of nitrogens with zero attached hydrogens (tertiary/aromatic N) is 1. The maximum Gasteiger partial charge on any atom is 0.0678 e. The molecule has 0 saturated carbocycles. The summed E-state index contributed by atoms with van der Waals surface area (Å²) in [5.41, 5.74) is 1.52. The summed E-state index contributed by atoms with van der Waals surface area (Å²) < 4.78 is 5.85. The summed E-state index contributed by atoms with van der Waals surface area (Å²) in [4.78, 5) is 2.55. The Bertz CT molecular complexity index is 422. The van der Waals surface area contributed by atoms with Gasteiger partial charge in [-0.2, -0.15) is 0 Å². The second-order valence-corrected chi connectivity index (χ2v) is 7.07. The van der Waals surface area contributed by atoms with Gasteiger partial charge in [-0.05, 0) is 31.9 Å². The molecule has 0 aliphatic carbocycles. The normalized spacial score (nSPS) is 25.8. The predicted octanol–water partition coefficient (Wildman–Crippen LogP) is 3.08. The fourth-order valence-electron chi connectivity index (χ4n) is 3.74. The number of benzene rings is 1. The zero-order valence-corrected chi connectivity index (χ0v) is 14.1. The third-order valence-electron chi connectivity index (χ3n) is 4.33. The molecule has 0 radical (unpaired) electrons. The molecule has 3 atom stereocenters. The second kappa shape index (κ2) is 6.91. The Morgan fingerprint density at radius 2 is 1.76 bits per heavy atom. The van der Waals surface area contributed by atoms with Gasteiger partial charge in [-0.3, -0.25) is 4.90 Å². The molecule has 1 aromatic rings.